The standard InChI is InChI=1S/C16H14ClF2NO3S/c17-14-7-13(18)6-5-12(14)9-24(22,23)10-16(21)20-8-11-3-1-2-4-15(11)19/h1-7H,8-10H2,(H,20,21). The lowest BCUT2D eigenvalue weighted by atomic mass is 10.2. The van der Waals surface area contributed by atoms with Gasteiger partial charge in [0.25, 0.3) is 0 Å². The minimum Gasteiger partial charge on any atom is -0.351 e. The molecule has 1 amide bonds. The van der Waals surface area contributed by atoms with Crippen molar-refractivity contribution in [1.82, 2.24) is 5.32 Å². The summed E-state index contributed by atoms with van der Waals surface area (Å²) in [5.74, 6) is -3.08. The van der Waals surface area contributed by atoms with Gasteiger partial charge in [0.1, 0.15) is 17.4 Å². The van der Waals surface area contributed by atoms with E-state index in [9.17, 15) is 22.0 Å². The topological polar surface area (TPSA) is 63.2 Å². The maximum absolute atomic E-state index is 13.4. The van der Waals surface area contributed by atoms with Gasteiger partial charge in [-0.15, -0.1) is 0 Å². The molecule has 0 fully saturated rings. The molecule has 0 aromatic heterocycles. The van der Waals surface area contributed by atoms with Crippen molar-refractivity contribution in [2.45, 2.75) is 12.3 Å². The molecule has 0 aliphatic heterocycles. The molecule has 24 heavy (non-hydrogen) atoms. The maximum atomic E-state index is 13.4. The van der Waals surface area contributed by atoms with Crippen LogP contribution in [0.15, 0.2) is 42.5 Å². The maximum Gasteiger partial charge on any atom is 0.235 e. The molecule has 8 heteroatoms. The number of amides is 1. The predicted octanol–water partition coefficient (Wildman–Crippen LogP) is 2.85. The van der Waals surface area contributed by atoms with E-state index in [-0.39, 0.29) is 22.7 Å². The van der Waals surface area contributed by atoms with Crippen LogP contribution in [0, 0.1) is 11.6 Å². The van der Waals surface area contributed by atoms with Gasteiger partial charge in [-0.2, -0.15) is 0 Å². The van der Waals surface area contributed by atoms with E-state index in [0.717, 1.165) is 12.1 Å². The summed E-state index contributed by atoms with van der Waals surface area (Å²) in [5, 5.41) is 2.33. The van der Waals surface area contributed by atoms with E-state index in [4.69, 9.17) is 11.6 Å². The Hall–Kier alpha value is -1.99. The average molecular weight is 374 g/mol. The summed E-state index contributed by atoms with van der Waals surface area (Å²) in [6.07, 6.45) is 0. The van der Waals surface area contributed by atoms with Crippen molar-refractivity contribution in [2.75, 3.05) is 5.75 Å². The van der Waals surface area contributed by atoms with Crippen LogP contribution in [-0.2, 0) is 26.9 Å². The highest BCUT2D eigenvalue weighted by Gasteiger charge is 2.19. The van der Waals surface area contributed by atoms with Gasteiger partial charge in [-0.05, 0) is 23.8 Å². The molecule has 0 heterocycles. The number of carbonyl (C=O) groups is 1. The largest absolute Gasteiger partial charge is 0.351 e. The Morgan fingerprint density at radius 3 is 2.46 bits per heavy atom. The van der Waals surface area contributed by atoms with Crippen LogP contribution in [0.5, 0.6) is 0 Å². The lowest BCUT2D eigenvalue weighted by Gasteiger charge is -2.08. The molecule has 0 saturated heterocycles. The molecule has 4 nitrogen and oxygen atoms in total. The van der Waals surface area contributed by atoms with Gasteiger partial charge < -0.3 is 5.32 Å². The highest BCUT2D eigenvalue weighted by molar-refractivity contribution is 7.91. The van der Waals surface area contributed by atoms with E-state index < -0.39 is 38.9 Å². The van der Waals surface area contributed by atoms with Crippen molar-refractivity contribution in [1.29, 1.82) is 0 Å². The van der Waals surface area contributed by atoms with E-state index in [1.54, 1.807) is 6.07 Å². The summed E-state index contributed by atoms with van der Waals surface area (Å²) in [6.45, 7) is -0.113. The van der Waals surface area contributed by atoms with Gasteiger partial charge in [0.2, 0.25) is 5.91 Å². The van der Waals surface area contributed by atoms with Crippen LogP contribution >= 0.6 is 11.6 Å². The van der Waals surface area contributed by atoms with Crippen LogP contribution in [0.3, 0.4) is 0 Å². The lowest BCUT2D eigenvalue weighted by Crippen LogP contribution is -2.30. The third kappa shape index (κ3) is 5.28. The number of rotatable bonds is 6. The van der Waals surface area contributed by atoms with Crippen molar-refractivity contribution in [2.24, 2.45) is 0 Å². The third-order valence-corrected chi connectivity index (χ3v) is 4.98. The normalized spacial score (nSPS) is 11.3. The minimum absolute atomic E-state index is 0.0228. The van der Waals surface area contributed by atoms with Gasteiger partial charge in [-0.1, -0.05) is 35.9 Å². The van der Waals surface area contributed by atoms with Crippen molar-refractivity contribution >= 4 is 27.3 Å². The van der Waals surface area contributed by atoms with Crippen LogP contribution < -0.4 is 5.32 Å². The smallest absolute Gasteiger partial charge is 0.235 e. The molecule has 0 bridgehead atoms. The van der Waals surface area contributed by atoms with Crippen molar-refractivity contribution < 1.29 is 22.0 Å². The number of sulfone groups is 1. The van der Waals surface area contributed by atoms with Crippen molar-refractivity contribution in [3.63, 3.8) is 0 Å². The van der Waals surface area contributed by atoms with Crippen LogP contribution in [0.1, 0.15) is 11.1 Å². The van der Waals surface area contributed by atoms with Crippen LogP contribution in [0.25, 0.3) is 0 Å². The van der Waals surface area contributed by atoms with E-state index in [1.807, 2.05) is 0 Å². The van der Waals surface area contributed by atoms with Crippen LogP contribution in [0.4, 0.5) is 8.78 Å². The quantitative estimate of drug-likeness (QED) is 0.846. The van der Waals surface area contributed by atoms with E-state index in [0.29, 0.717) is 0 Å². The zero-order valence-electron chi connectivity index (χ0n) is 12.4. The molecule has 0 radical (unpaired) electrons. The summed E-state index contributed by atoms with van der Waals surface area (Å²) in [7, 11) is -3.80. The predicted molar refractivity (Wildman–Crippen MR) is 87.1 cm³/mol. The van der Waals surface area contributed by atoms with Gasteiger partial charge in [-0.3, -0.25) is 4.79 Å². The Morgan fingerprint density at radius 2 is 1.79 bits per heavy atom. The van der Waals surface area contributed by atoms with Crippen LogP contribution in [-0.4, -0.2) is 20.1 Å². The highest BCUT2D eigenvalue weighted by atomic mass is 35.5. The minimum atomic E-state index is -3.80. The first-order valence-corrected chi connectivity index (χ1v) is 9.11. The van der Waals surface area contributed by atoms with Gasteiger partial charge >= 0.3 is 0 Å². The number of carbonyl (C=O) groups excluding carboxylic acids is 1. The van der Waals surface area contributed by atoms with Gasteiger partial charge in [0.15, 0.2) is 9.84 Å². The second-order valence-electron chi connectivity index (χ2n) is 5.14. The molecular formula is C16H14ClF2NO3S. The SMILES string of the molecule is O=C(CS(=O)(=O)Cc1ccc(F)cc1Cl)NCc1ccccc1F. The summed E-state index contributed by atoms with van der Waals surface area (Å²) in [5.41, 5.74) is 0.463. The number of benzene rings is 2. The van der Waals surface area contributed by atoms with Gasteiger partial charge in [0.05, 0.1) is 5.75 Å². The first-order chi connectivity index (χ1) is 11.3. The zero-order chi connectivity index (χ0) is 17.7. The second-order valence-corrected chi connectivity index (χ2v) is 7.61. The summed E-state index contributed by atoms with van der Waals surface area (Å²) in [4.78, 5) is 11.8. The summed E-state index contributed by atoms with van der Waals surface area (Å²) >= 11 is 5.78. The molecule has 1 N–H and O–H groups in total. The fourth-order valence-electron chi connectivity index (χ4n) is 2.01. The summed E-state index contributed by atoms with van der Waals surface area (Å²) < 4.78 is 50.5. The zero-order valence-corrected chi connectivity index (χ0v) is 14.0. The van der Waals surface area contributed by atoms with Crippen LogP contribution in [0.2, 0.25) is 5.02 Å². The second kappa shape index (κ2) is 7.72. The number of nitrogens with one attached hydrogen (secondary N) is 1. The molecule has 0 saturated carbocycles. The van der Waals surface area contributed by atoms with E-state index in [2.05, 4.69) is 5.32 Å². The van der Waals surface area contributed by atoms with Crippen molar-refractivity contribution in [3.8, 4) is 0 Å². The molecule has 0 spiro atoms. The van der Waals surface area contributed by atoms with Gasteiger partial charge in [0, 0.05) is 17.1 Å². The first kappa shape index (κ1) is 18.4. The van der Waals surface area contributed by atoms with Crippen molar-refractivity contribution in [3.05, 3.63) is 70.2 Å². The molecule has 2 aromatic rings. The Bertz CT molecular complexity index is 856. The summed E-state index contributed by atoms with van der Waals surface area (Å²) in [6, 6.07) is 9.21. The molecular weight excluding hydrogens is 360 g/mol. The van der Waals surface area contributed by atoms with E-state index in [1.165, 1.54) is 24.3 Å². The van der Waals surface area contributed by atoms with E-state index >= 15 is 0 Å². The number of hydrogen-bond donors (Lipinski definition) is 1. The number of hydrogen-bond acceptors (Lipinski definition) is 3. The number of halogens is 3. The third-order valence-electron chi connectivity index (χ3n) is 3.18. The molecule has 2 rings (SSSR count). The molecule has 0 atom stereocenters. The Balaban J connectivity index is 1.96. The van der Waals surface area contributed by atoms with Gasteiger partial charge in [-0.25, -0.2) is 17.2 Å². The molecule has 0 aliphatic carbocycles. The molecule has 0 aliphatic rings. The fourth-order valence-corrected chi connectivity index (χ4v) is 3.66. The lowest BCUT2D eigenvalue weighted by molar-refractivity contribution is -0.118. The monoisotopic (exact) mass is 373 g/mol. The molecule has 0 unspecified atom stereocenters. The molecule has 2 aromatic carbocycles. The average Bonchev–Trinajstić information content (AvgIpc) is 2.49. The first-order valence-electron chi connectivity index (χ1n) is 6.91. The molecule has 128 valence electrons. The Morgan fingerprint density at radius 1 is 1.08 bits per heavy atom. The highest BCUT2D eigenvalue weighted by Crippen LogP contribution is 2.19. The Labute approximate surface area is 143 Å². The fraction of sp³-hybridized carbons (Fsp3) is 0.188. The Kier molecular flexibility index (Phi) is 5.90.